The van der Waals surface area contributed by atoms with Crippen molar-refractivity contribution < 1.29 is 9.53 Å². The average molecular weight is 264 g/mol. The predicted octanol–water partition coefficient (Wildman–Crippen LogP) is 3.65. The van der Waals surface area contributed by atoms with Gasteiger partial charge in [-0.15, -0.1) is 0 Å². The van der Waals surface area contributed by atoms with E-state index in [1.54, 1.807) is 6.07 Å². The molecule has 3 nitrogen and oxygen atoms in total. The zero-order valence-corrected chi connectivity index (χ0v) is 10.9. The highest BCUT2D eigenvalue weighted by molar-refractivity contribution is 6.34. The van der Waals surface area contributed by atoms with Crippen molar-refractivity contribution >= 4 is 23.1 Å². The number of esters is 1. The zero-order valence-electron chi connectivity index (χ0n) is 10.1. The number of halogens is 1. The lowest BCUT2D eigenvalue weighted by atomic mass is 9.83. The van der Waals surface area contributed by atoms with Gasteiger partial charge in [-0.3, -0.25) is 0 Å². The van der Waals surface area contributed by atoms with E-state index in [4.69, 9.17) is 16.3 Å². The number of hydrogen-bond acceptors (Lipinski definition) is 2. The molecule has 94 valence electrons. The van der Waals surface area contributed by atoms with Gasteiger partial charge in [-0.1, -0.05) is 18.0 Å². The fourth-order valence-electron chi connectivity index (χ4n) is 2.53. The molecule has 0 atom stereocenters. The summed E-state index contributed by atoms with van der Waals surface area (Å²) in [5.41, 5.74) is 2.48. The van der Waals surface area contributed by atoms with E-state index in [2.05, 4.69) is 0 Å². The molecule has 1 aliphatic carbocycles. The number of hydrogen-bond donors (Lipinski definition) is 0. The molecule has 1 saturated carbocycles. The Hall–Kier alpha value is -1.48. The Morgan fingerprint density at radius 1 is 1.50 bits per heavy atom. The van der Waals surface area contributed by atoms with Crippen LogP contribution in [0.5, 0.6) is 0 Å². The first-order chi connectivity index (χ1) is 8.72. The molecule has 2 aromatic heterocycles. The smallest absolute Gasteiger partial charge is 0.340 e. The van der Waals surface area contributed by atoms with E-state index in [1.807, 2.05) is 22.7 Å². The third-order valence-electron chi connectivity index (χ3n) is 3.70. The van der Waals surface area contributed by atoms with Crippen LogP contribution in [-0.4, -0.2) is 17.5 Å². The normalized spacial score (nSPS) is 15.7. The van der Waals surface area contributed by atoms with Gasteiger partial charge in [0.25, 0.3) is 0 Å². The van der Waals surface area contributed by atoms with Gasteiger partial charge in [0.1, 0.15) is 0 Å². The second-order valence-electron chi connectivity index (χ2n) is 4.68. The van der Waals surface area contributed by atoms with Crippen molar-refractivity contribution in [2.45, 2.75) is 25.2 Å². The van der Waals surface area contributed by atoms with E-state index in [1.165, 1.54) is 32.1 Å². The molecule has 0 N–H and O–H groups in total. The molecule has 2 aromatic rings. The molecule has 0 unspecified atom stereocenters. The van der Waals surface area contributed by atoms with Crippen LogP contribution in [0.4, 0.5) is 0 Å². The van der Waals surface area contributed by atoms with E-state index in [-0.39, 0.29) is 5.97 Å². The van der Waals surface area contributed by atoms with Gasteiger partial charge in [0.05, 0.1) is 23.2 Å². The molecule has 0 amide bonds. The maximum atomic E-state index is 11.8. The summed E-state index contributed by atoms with van der Waals surface area (Å²) in [5, 5.41) is 0.587. The number of fused-ring (bicyclic) bond motifs is 1. The molecule has 0 aliphatic heterocycles. The van der Waals surface area contributed by atoms with Crippen LogP contribution >= 0.6 is 11.6 Å². The summed E-state index contributed by atoms with van der Waals surface area (Å²) in [6.07, 6.45) is 5.58. The van der Waals surface area contributed by atoms with Gasteiger partial charge in [-0.05, 0) is 37.0 Å². The first kappa shape index (κ1) is 11.6. The summed E-state index contributed by atoms with van der Waals surface area (Å²) in [6, 6.07) is 5.63. The standard InChI is InChI=1S/C14H14ClNO2/c1-18-14(17)10-8-12(9-4-2-5-9)16-7-3-6-11(15)13(10)16/h3,6-9H,2,4-5H2,1H3. The Morgan fingerprint density at radius 3 is 2.89 bits per heavy atom. The molecule has 0 radical (unpaired) electrons. The van der Waals surface area contributed by atoms with Crippen LogP contribution in [0.25, 0.3) is 5.52 Å². The molecular formula is C14H14ClNO2. The summed E-state index contributed by atoms with van der Waals surface area (Å²) in [6.45, 7) is 0. The molecule has 1 aliphatic rings. The van der Waals surface area contributed by atoms with Crippen molar-refractivity contribution in [2.24, 2.45) is 0 Å². The summed E-state index contributed by atoms with van der Waals surface area (Å²) >= 11 is 6.21. The number of carbonyl (C=O) groups is 1. The Bertz CT molecular complexity index is 614. The maximum Gasteiger partial charge on any atom is 0.340 e. The molecule has 3 rings (SSSR count). The van der Waals surface area contributed by atoms with Gasteiger partial charge in [-0.25, -0.2) is 4.79 Å². The van der Waals surface area contributed by atoms with Gasteiger partial charge < -0.3 is 9.14 Å². The zero-order chi connectivity index (χ0) is 12.7. The molecule has 4 heteroatoms. The van der Waals surface area contributed by atoms with Crippen molar-refractivity contribution in [2.75, 3.05) is 7.11 Å². The third kappa shape index (κ3) is 1.62. The number of rotatable bonds is 2. The molecule has 1 fully saturated rings. The van der Waals surface area contributed by atoms with E-state index >= 15 is 0 Å². The number of ether oxygens (including phenoxy) is 1. The second-order valence-corrected chi connectivity index (χ2v) is 5.08. The highest BCUT2D eigenvalue weighted by Crippen LogP contribution is 2.39. The largest absolute Gasteiger partial charge is 0.465 e. The van der Waals surface area contributed by atoms with Crippen LogP contribution < -0.4 is 0 Å². The second kappa shape index (κ2) is 4.32. The Morgan fingerprint density at radius 2 is 2.28 bits per heavy atom. The van der Waals surface area contributed by atoms with Crippen LogP contribution in [-0.2, 0) is 4.74 Å². The quantitative estimate of drug-likeness (QED) is 0.775. The van der Waals surface area contributed by atoms with E-state index in [0.717, 1.165) is 5.52 Å². The summed E-state index contributed by atoms with van der Waals surface area (Å²) in [7, 11) is 1.39. The van der Waals surface area contributed by atoms with Crippen LogP contribution in [0.2, 0.25) is 5.02 Å². The van der Waals surface area contributed by atoms with Gasteiger partial charge in [0, 0.05) is 11.9 Å². The molecule has 2 heterocycles. The van der Waals surface area contributed by atoms with Crippen LogP contribution in [0.15, 0.2) is 24.4 Å². The van der Waals surface area contributed by atoms with Gasteiger partial charge in [0.2, 0.25) is 0 Å². The van der Waals surface area contributed by atoms with Crippen molar-refractivity contribution in [3.63, 3.8) is 0 Å². The first-order valence-electron chi connectivity index (χ1n) is 6.10. The van der Waals surface area contributed by atoms with E-state index in [0.29, 0.717) is 16.5 Å². The number of nitrogens with zero attached hydrogens (tertiary/aromatic N) is 1. The number of methoxy groups -OCH3 is 1. The van der Waals surface area contributed by atoms with E-state index in [9.17, 15) is 4.79 Å². The fourth-order valence-corrected chi connectivity index (χ4v) is 2.79. The molecule has 0 aromatic carbocycles. The average Bonchev–Trinajstić information content (AvgIpc) is 2.67. The summed E-state index contributed by atoms with van der Waals surface area (Å²) in [5.74, 6) is 0.209. The lowest BCUT2D eigenvalue weighted by molar-refractivity contribution is 0.0603. The Balaban J connectivity index is 2.25. The molecule has 0 bridgehead atoms. The lowest BCUT2D eigenvalue weighted by Crippen LogP contribution is -2.10. The minimum Gasteiger partial charge on any atom is -0.465 e. The van der Waals surface area contributed by atoms with Crippen molar-refractivity contribution in [3.8, 4) is 0 Å². The van der Waals surface area contributed by atoms with Gasteiger partial charge in [0.15, 0.2) is 0 Å². The molecule has 0 saturated heterocycles. The third-order valence-corrected chi connectivity index (χ3v) is 4.00. The number of aromatic nitrogens is 1. The van der Waals surface area contributed by atoms with Crippen molar-refractivity contribution in [1.82, 2.24) is 4.40 Å². The van der Waals surface area contributed by atoms with Crippen molar-refractivity contribution in [1.29, 1.82) is 0 Å². The Kier molecular flexibility index (Phi) is 2.78. The highest BCUT2D eigenvalue weighted by atomic mass is 35.5. The minimum atomic E-state index is -0.328. The molecule has 0 spiro atoms. The Labute approximate surface area is 110 Å². The highest BCUT2D eigenvalue weighted by Gasteiger charge is 2.26. The SMILES string of the molecule is COC(=O)c1cc(C2CCC2)n2cccc(Cl)c12. The molecular weight excluding hydrogens is 250 g/mol. The van der Waals surface area contributed by atoms with E-state index < -0.39 is 0 Å². The summed E-state index contributed by atoms with van der Waals surface area (Å²) in [4.78, 5) is 11.8. The lowest BCUT2D eigenvalue weighted by Gasteiger charge is -2.25. The minimum absolute atomic E-state index is 0.328. The molecule has 18 heavy (non-hydrogen) atoms. The fraction of sp³-hybridized carbons (Fsp3) is 0.357. The first-order valence-corrected chi connectivity index (χ1v) is 6.48. The topological polar surface area (TPSA) is 30.7 Å². The number of pyridine rings is 1. The van der Waals surface area contributed by atoms with Crippen LogP contribution in [0, 0.1) is 0 Å². The van der Waals surface area contributed by atoms with Crippen LogP contribution in [0.3, 0.4) is 0 Å². The summed E-state index contributed by atoms with van der Waals surface area (Å²) < 4.78 is 6.86. The van der Waals surface area contributed by atoms with Gasteiger partial charge in [-0.2, -0.15) is 0 Å². The van der Waals surface area contributed by atoms with Crippen molar-refractivity contribution in [3.05, 3.63) is 40.7 Å². The number of carbonyl (C=O) groups excluding carboxylic acids is 1. The van der Waals surface area contributed by atoms with Gasteiger partial charge >= 0.3 is 5.97 Å². The predicted molar refractivity (Wildman–Crippen MR) is 70.3 cm³/mol. The van der Waals surface area contributed by atoms with Crippen LogP contribution in [0.1, 0.15) is 41.2 Å². The maximum absolute atomic E-state index is 11.8. The monoisotopic (exact) mass is 263 g/mol.